The van der Waals surface area contributed by atoms with Crippen LogP contribution in [0.4, 0.5) is 5.95 Å². The van der Waals surface area contributed by atoms with Crippen LogP contribution in [0.5, 0.6) is 0 Å². The quantitative estimate of drug-likeness (QED) is 0.846. The number of nitrogens with zero attached hydrogens (tertiary/aromatic N) is 4. The Morgan fingerprint density at radius 1 is 1.21 bits per heavy atom. The minimum Gasteiger partial charge on any atom is -0.393 e. The van der Waals surface area contributed by atoms with Gasteiger partial charge in [-0.05, 0) is 19.9 Å². The smallest absolute Gasteiger partial charge is 0.225 e. The van der Waals surface area contributed by atoms with E-state index in [4.69, 9.17) is 0 Å². The molecule has 2 fully saturated rings. The maximum Gasteiger partial charge on any atom is 0.225 e. The number of anilines is 1. The Kier molecular flexibility index (Phi) is 5.69. The molecule has 1 aromatic rings. The van der Waals surface area contributed by atoms with Gasteiger partial charge in [-0.25, -0.2) is 9.97 Å². The summed E-state index contributed by atoms with van der Waals surface area (Å²) in [5.41, 5.74) is 1.10. The van der Waals surface area contributed by atoms with Crippen molar-refractivity contribution in [1.29, 1.82) is 0 Å². The van der Waals surface area contributed by atoms with Crippen LogP contribution in [0.15, 0.2) is 12.4 Å². The van der Waals surface area contributed by atoms with E-state index in [1.807, 2.05) is 12.4 Å². The molecule has 3 rings (SSSR count). The Morgan fingerprint density at radius 2 is 1.92 bits per heavy atom. The predicted octanol–water partition coefficient (Wildman–Crippen LogP) is 1.26. The first-order valence-electron chi connectivity index (χ1n) is 9.20. The topological polar surface area (TPSA) is 64.5 Å². The van der Waals surface area contributed by atoms with Gasteiger partial charge in [0.1, 0.15) is 0 Å². The van der Waals surface area contributed by atoms with Gasteiger partial charge >= 0.3 is 0 Å². The Labute approximate surface area is 145 Å². The second-order valence-electron chi connectivity index (χ2n) is 7.70. The molecule has 1 aromatic heterocycles. The van der Waals surface area contributed by atoms with Crippen LogP contribution in [0.1, 0.15) is 38.2 Å². The summed E-state index contributed by atoms with van der Waals surface area (Å²) in [6.07, 6.45) is 8.06. The summed E-state index contributed by atoms with van der Waals surface area (Å²) in [6.45, 7) is 7.90. The van der Waals surface area contributed by atoms with Gasteiger partial charge in [-0.2, -0.15) is 0 Å². The molecule has 0 radical (unpaired) electrons. The van der Waals surface area contributed by atoms with Crippen molar-refractivity contribution < 1.29 is 5.11 Å². The van der Waals surface area contributed by atoms with E-state index in [0.717, 1.165) is 70.0 Å². The average molecular weight is 333 g/mol. The number of hydrogen-bond donors (Lipinski definition) is 2. The lowest BCUT2D eigenvalue weighted by molar-refractivity contribution is 0.00115. The highest BCUT2D eigenvalue weighted by Crippen LogP contribution is 2.35. The van der Waals surface area contributed by atoms with E-state index in [0.29, 0.717) is 0 Å². The first-order chi connectivity index (χ1) is 11.6. The van der Waals surface area contributed by atoms with Gasteiger partial charge in [0.05, 0.1) is 6.10 Å². The van der Waals surface area contributed by atoms with Crippen LogP contribution in [-0.4, -0.2) is 65.8 Å². The van der Waals surface area contributed by atoms with Gasteiger partial charge < -0.3 is 20.2 Å². The molecule has 6 nitrogen and oxygen atoms in total. The van der Waals surface area contributed by atoms with Crippen molar-refractivity contribution in [2.24, 2.45) is 5.41 Å². The number of aromatic nitrogens is 2. The molecule has 24 heavy (non-hydrogen) atoms. The van der Waals surface area contributed by atoms with Gasteiger partial charge in [-0.3, -0.25) is 0 Å². The summed E-state index contributed by atoms with van der Waals surface area (Å²) in [5, 5.41) is 13.7. The zero-order valence-electron chi connectivity index (χ0n) is 15.0. The molecule has 1 saturated carbocycles. The standard InChI is InChI=1S/C18H31N5O/c1-18(6-4-3-5-16(18)24)14-19-11-15-12-20-17(21-13-15)23-9-7-22(2)8-10-23/h12-13,16,19,24H,3-11,14H2,1-2H3. The lowest BCUT2D eigenvalue weighted by Crippen LogP contribution is -2.45. The third kappa shape index (κ3) is 4.23. The van der Waals surface area contributed by atoms with Crippen molar-refractivity contribution in [1.82, 2.24) is 20.2 Å². The lowest BCUT2D eigenvalue weighted by atomic mass is 9.73. The van der Waals surface area contributed by atoms with Crippen molar-refractivity contribution in [3.05, 3.63) is 18.0 Å². The molecule has 2 heterocycles. The van der Waals surface area contributed by atoms with Gasteiger partial charge in [-0.1, -0.05) is 19.8 Å². The van der Waals surface area contributed by atoms with E-state index in [9.17, 15) is 5.11 Å². The fourth-order valence-corrected chi connectivity index (χ4v) is 3.69. The molecule has 0 spiro atoms. The van der Waals surface area contributed by atoms with E-state index in [-0.39, 0.29) is 11.5 Å². The van der Waals surface area contributed by atoms with Gasteiger partial charge in [0.2, 0.25) is 5.95 Å². The number of hydrogen-bond acceptors (Lipinski definition) is 6. The Balaban J connectivity index is 1.48. The highest BCUT2D eigenvalue weighted by Gasteiger charge is 2.34. The molecule has 0 aromatic carbocycles. The van der Waals surface area contributed by atoms with E-state index in [1.165, 1.54) is 6.42 Å². The van der Waals surface area contributed by atoms with Crippen molar-refractivity contribution in [3.63, 3.8) is 0 Å². The zero-order chi connectivity index (χ0) is 17.0. The second kappa shape index (κ2) is 7.76. The summed E-state index contributed by atoms with van der Waals surface area (Å²) in [6, 6.07) is 0. The Morgan fingerprint density at radius 3 is 2.58 bits per heavy atom. The molecule has 2 unspecified atom stereocenters. The van der Waals surface area contributed by atoms with Crippen LogP contribution in [0.25, 0.3) is 0 Å². The van der Waals surface area contributed by atoms with E-state index < -0.39 is 0 Å². The van der Waals surface area contributed by atoms with Crippen molar-refractivity contribution in [2.45, 2.75) is 45.3 Å². The second-order valence-corrected chi connectivity index (χ2v) is 7.70. The minimum atomic E-state index is -0.186. The van der Waals surface area contributed by atoms with Gasteiger partial charge in [-0.15, -0.1) is 0 Å². The van der Waals surface area contributed by atoms with E-state index in [2.05, 4.69) is 39.1 Å². The molecule has 2 N–H and O–H groups in total. The summed E-state index contributed by atoms with van der Waals surface area (Å²) in [7, 11) is 2.15. The maximum atomic E-state index is 10.3. The van der Waals surface area contributed by atoms with Crippen molar-refractivity contribution in [2.75, 3.05) is 44.7 Å². The number of likely N-dealkylation sites (N-methyl/N-ethyl adjacent to an activating group) is 1. The first-order valence-corrected chi connectivity index (χ1v) is 9.20. The molecule has 1 aliphatic heterocycles. The number of rotatable bonds is 5. The van der Waals surface area contributed by atoms with Crippen molar-refractivity contribution in [3.8, 4) is 0 Å². The number of piperazine rings is 1. The third-order valence-corrected chi connectivity index (χ3v) is 5.62. The largest absolute Gasteiger partial charge is 0.393 e. The number of aliphatic hydroxyl groups is 1. The fraction of sp³-hybridized carbons (Fsp3) is 0.778. The van der Waals surface area contributed by atoms with Crippen LogP contribution in [-0.2, 0) is 6.54 Å². The minimum absolute atomic E-state index is 0.00112. The van der Waals surface area contributed by atoms with E-state index >= 15 is 0 Å². The zero-order valence-corrected chi connectivity index (χ0v) is 15.0. The highest BCUT2D eigenvalue weighted by atomic mass is 16.3. The molecule has 6 heteroatoms. The molecule has 2 aliphatic rings. The van der Waals surface area contributed by atoms with Gasteiger partial charge in [0.25, 0.3) is 0 Å². The molecule has 1 aliphatic carbocycles. The summed E-state index contributed by atoms with van der Waals surface area (Å²) < 4.78 is 0. The van der Waals surface area contributed by atoms with Crippen LogP contribution in [0.3, 0.4) is 0 Å². The first kappa shape index (κ1) is 17.6. The fourth-order valence-electron chi connectivity index (χ4n) is 3.69. The molecular formula is C18H31N5O. The van der Waals surface area contributed by atoms with Crippen LogP contribution < -0.4 is 10.2 Å². The monoisotopic (exact) mass is 333 g/mol. The van der Waals surface area contributed by atoms with Crippen LogP contribution in [0.2, 0.25) is 0 Å². The number of aliphatic hydroxyl groups excluding tert-OH is 1. The number of nitrogens with one attached hydrogen (secondary N) is 1. The Bertz CT molecular complexity index is 515. The summed E-state index contributed by atoms with van der Waals surface area (Å²) in [4.78, 5) is 13.6. The SMILES string of the molecule is CN1CCN(c2ncc(CNCC3(C)CCCCC3O)cn2)CC1. The summed E-state index contributed by atoms with van der Waals surface area (Å²) in [5.74, 6) is 0.835. The molecule has 1 saturated heterocycles. The van der Waals surface area contributed by atoms with Gasteiger partial charge in [0.15, 0.2) is 0 Å². The van der Waals surface area contributed by atoms with Crippen molar-refractivity contribution >= 4 is 5.95 Å². The average Bonchev–Trinajstić information content (AvgIpc) is 2.59. The maximum absolute atomic E-state index is 10.3. The third-order valence-electron chi connectivity index (χ3n) is 5.62. The summed E-state index contributed by atoms with van der Waals surface area (Å²) >= 11 is 0. The molecule has 134 valence electrons. The van der Waals surface area contributed by atoms with E-state index in [1.54, 1.807) is 0 Å². The highest BCUT2D eigenvalue weighted by molar-refractivity contribution is 5.30. The van der Waals surface area contributed by atoms with Crippen LogP contribution >= 0.6 is 0 Å². The predicted molar refractivity (Wildman–Crippen MR) is 96.0 cm³/mol. The lowest BCUT2D eigenvalue weighted by Gasteiger charge is -2.38. The van der Waals surface area contributed by atoms with Gasteiger partial charge in [0, 0.05) is 62.6 Å². The molecular weight excluding hydrogens is 302 g/mol. The molecule has 2 atom stereocenters. The molecule has 0 bridgehead atoms. The Hall–Kier alpha value is -1.24. The molecule has 0 amide bonds. The normalized spacial score (nSPS) is 29.0. The van der Waals surface area contributed by atoms with Crippen LogP contribution in [0, 0.1) is 5.41 Å².